The summed E-state index contributed by atoms with van der Waals surface area (Å²) in [6.07, 6.45) is 7.70. The number of thioether (sulfide) groups is 1. The molecule has 2 nitrogen and oxygen atoms in total. The molecule has 0 aromatic heterocycles. The molecule has 1 N–H and O–H groups in total. The van der Waals surface area contributed by atoms with Gasteiger partial charge in [0, 0.05) is 10.9 Å². The highest BCUT2D eigenvalue weighted by molar-refractivity contribution is 7.98. The van der Waals surface area contributed by atoms with Crippen LogP contribution in [-0.2, 0) is 0 Å². The minimum absolute atomic E-state index is 0.467. The largest absolute Gasteiger partial charge is 0.381 e. The van der Waals surface area contributed by atoms with Gasteiger partial charge in [-0.2, -0.15) is 5.26 Å². The first-order chi connectivity index (χ1) is 9.72. The summed E-state index contributed by atoms with van der Waals surface area (Å²) in [5.74, 6) is 2.68. The molecule has 1 aromatic carbocycles. The molecular formula is C17H22N2S. The van der Waals surface area contributed by atoms with Crippen LogP contribution in [0.15, 0.2) is 23.1 Å². The summed E-state index contributed by atoms with van der Waals surface area (Å²) < 4.78 is 0. The van der Waals surface area contributed by atoms with Crippen LogP contribution in [0.2, 0.25) is 0 Å². The molecule has 4 unspecified atom stereocenters. The molecule has 106 valence electrons. The lowest BCUT2D eigenvalue weighted by Crippen LogP contribution is -2.30. The highest BCUT2D eigenvalue weighted by Crippen LogP contribution is 2.50. The van der Waals surface area contributed by atoms with E-state index in [1.165, 1.54) is 25.7 Å². The second-order valence-corrected chi connectivity index (χ2v) is 7.11. The van der Waals surface area contributed by atoms with E-state index in [-0.39, 0.29) is 0 Å². The SMILES string of the molecule is CSc1cccc(NC(C)C2CC3CCC2C3)c1C#N. The Kier molecular flexibility index (Phi) is 3.94. The molecule has 3 rings (SSSR count). The molecule has 0 amide bonds. The van der Waals surface area contributed by atoms with Crippen molar-refractivity contribution in [2.24, 2.45) is 17.8 Å². The second-order valence-electron chi connectivity index (χ2n) is 6.27. The van der Waals surface area contributed by atoms with Crippen molar-refractivity contribution in [1.82, 2.24) is 0 Å². The van der Waals surface area contributed by atoms with E-state index in [9.17, 15) is 5.26 Å². The zero-order valence-electron chi connectivity index (χ0n) is 12.2. The molecular weight excluding hydrogens is 264 g/mol. The van der Waals surface area contributed by atoms with Gasteiger partial charge in [-0.25, -0.2) is 0 Å². The Morgan fingerprint density at radius 3 is 2.80 bits per heavy atom. The van der Waals surface area contributed by atoms with Gasteiger partial charge in [-0.05, 0) is 62.3 Å². The predicted octanol–water partition coefficient (Wildman–Crippen LogP) is 4.52. The monoisotopic (exact) mass is 286 g/mol. The molecule has 2 bridgehead atoms. The molecule has 3 heteroatoms. The maximum Gasteiger partial charge on any atom is 0.102 e. The van der Waals surface area contributed by atoms with Crippen molar-refractivity contribution in [2.45, 2.75) is 43.5 Å². The summed E-state index contributed by atoms with van der Waals surface area (Å²) in [6, 6.07) is 8.94. The number of anilines is 1. The van der Waals surface area contributed by atoms with Gasteiger partial charge in [0.05, 0.1) is 11.3 Å². The Balaban J connectivity index is 1.76. The Bertz CT molecular complexity index is 534. The van der Waals surface area contributed by atoms with Gasteiger partial charge in [0.15, 0.2) is 0 Å². The van der Waals surface area contributed by atoms with Gasteiger partial charge in [-0.3, -0.25) is 0 Å². The van der Waals surface area contributed by atoms with Crippen LogP contribution in [0.5, 0.6) is 0 Å². The summed E-state index contributed by atoms with van der Waals surface area (Å²) in [6.45, 7) is 2.29. The van der Waals surface area contributed by atoms with Crippen molar-refractivity contribution in [3.8, 4) is 6.07 Å². The Hall–Kier alpha value is -1.14. The molecule has 0 saturated heterocycles. The normalized spacial score (nSPS) is 29.1. The highest BCUT2D eigenvalue weighted by atomic mass is 32.2. The van der Waals surface area contributed by atoms with Gasteiger partial charge < -0.3 is 5.32 Å². The summed E-state index contributed by atoms with van der Waals surface area (Å²) in [7, 11) is 0. The van der Waals surface area contributed by atoms with Crippen molar-refractivity contribution in [2.75, 3.05) is 11.6 Å². The van der Waals surface area contributed by atoms with Crippen LogP contribution in [-0.4, -0.2) is 12.3 Å². The number of benzene rings is 1. The predicted molar refractivity (Wildman–Crippen MR) is 85.0 cm³/mol. The van der Waals surface area contributed by atoms with E-state index in [1.54, 1.807) is 11.8 Å². The number of hydrogen-bond acceptors (Lipinski definition) is 3. The molecule has 0 heterocycles. The van der Waals surface area contributed by atoms with Crippen LogP contribution in [0.4, 0.5) is 5.69 Å². The van der Waals surface area contributed by atoms with E-state index >= 15 is 0 Å². The molecule has 4 atom stereocenters. The van der Waals surface area contributed by atoms with Crippen LogP contribution >= 0.6 is 11.8 Å². The number of nitrogens with zero attached hydrogens (tertiary/aromatic N) is 1. The van der Waals surface area contributed by atoms with E-state index in [0.717, 1.165) is 33.9 Å². The van der Waals surface area contributed by atoms with Crippen LogP contribution in [0.1, 0.15) is 38.2 Å². The molecule has 2 fully saturated rings. The first-order valence-electron chi connectivity index (χ1n) is 7.56. The highest BCUT2D eigenvalue weighted by Gasteiger charge is 2.41. The van der Waals surface area contributed by atoms with Crippen molar-refractivity contribution in [3.05, 3.63) is 23.8 Å². The van der Waals surface area contributed by atoms with Crippen molar-refractivity contribution in [1.29, 1.82) is 5.26 Å². The third-order valence-electron chi connectivity index (χ3n) is 5.18. The van der Waals surface area contributed by atoms with Crippen molar-refractivity contribution >= 4 is 17.4 Å². The Labute approximate surface area is 125 Å². The fourth-order valence-corrected chi connectivity index (χ4v) is 4.77. The first-order valence-corrected chi connectivity index (χ1v) is 8.79. The van der Waals surface area contributed by atoms with Gasteiger partial charge in [0.1, 0.15) is 6.07 Å². The number of fused-ring (bicyclic) bond motifs is 2. The molecule has 0 spiro atoms. The maximum atomic E-state index is 9.41. The van der Waals surface area contributed by atoms with Crippen LogP contribution < -0.4 is 5.32 Å². The molecule has 0 aliphatic heterocycles. The fourth-order valence-electron chi connectivity index (χ4n) is 4.20. The third kappa shape index (κ3) is 2.42. The van der Waals surface area contributed by atoms with E-state index in [1.807, 2.05) is 24.5 Å². The zero-order chi connectivity index (χ0) is 14.1. The molecule has 20 heavy (non-hydrogen) atoms. The van der Waals surface area contributed by atoms with Gasteiger partial charge >= 0.3 is 0 Å². The van der Waals surface area contributed by atoms with Crippen LogP contribution in [0.25, 0.3) is 0 Å². The quantitative estimate of drug-likeness (QED) is 0.827. The summed E-state index contributed by atoms with van der Waals surface area (Å²) in [5.41, 5.74) is 1.81. The smallest absolute Gasteiger partial charge is 0.102 e. The lowest BCUT2D eigenvalue weighted by Gasteiger charge is -2.29. The van der Waals surface area contributed by atoms with E-state index in [0.29, 0.717) is 6.04 Å². The molecule has 1 aromatic rings. The van der Waals surface area contributed by atoms with Crippen molar-refractivity contribution < 1.29 is 0 Å². The standard InChI is InChI=1S/C17H22N2S/c1-11(14-9-12-6-7-13(14)8-12)19-16-4-3-5-17(20-2)15(16)10-18/h3-5,11-14,19H,6-9H2,1-2H3. The van der Waals surface area contributed by atoms with Crippen LogP contribution in [0, 0.1) is 29.1 Å². The Morgan fingerprint density at radius 1 is 1.35 bits per heavy atom. The fraction of sp³-hybridized carbons (Fsp3) is 0.588. The van der Waals surface area contributed by atoms with E-state index < -0.39 is 0 Å². The third-order valence-corrected chi connectivity index (χ3v) is 5.96. The average molecular weight is 286 g/mol. The average Bonchev–Trinajstić information content (AvgIpc) is 3.09. The number of nitrogens with one attached hydrogen (secondary N) is 1. The summed E-state index contributed by atoms with van der Waals surface area (Å²) in [4.78, 5) is 1.07. The van der Waals surface area contributed by atoms with Gasteiger partial charge in [-0.15, -0.1) is 11.8 Å². The maximum absolute atomic E-state index is 9.41. The number of rotatable bonds is 4. The minimum atomic E-state index is 0.467. The molecule has 2 saturated carbocycles. The summed E-state index contributed by atoms with van der Waals surface area (Å²) in [5, 5.41) is 13.0. The Morgan fingerprint density at radius 2 is 2.20 bits per heavy atom. The van der Waals surface area contributed by atoms with Crippen LogP contribution in [0.3, 0.4) is 0 Å². The molecule has 2 aliphatic carbocycles. The van der Waals surface area contributed by atoms with E-state index in [2.05, 4.69) is 18.3 Å². The molecule has 2 aliphatic rings. The second kappa shape index (κ2) is 5.69. The van der Waals surface area contributed by atoms with Crippen molar-refractivity contribution in [3.63, 3.8) is 0 Å². The number of nitriles is 1. The van der Waals surface area contributed by atoms with Gasteiger partial charge in [0.2, 0.25) is 0 Å². The minimum Gasteiger partial charge on any atom is -0.381 e. The summed E-state index contributed by atoms with van der Waals surface area (Å²) >= 11 is 1.64. The molecule has 0 radical (unpaired) electrons. The lowest BCUT2D eigenvalue weighted by atomic mass is 9.84. The number of hydrogen-bond donors (Lipinski definition) is 1. The lowest BCUT2D eigenvalue weighted by molar-refractivity contribution is 0.304. The first kappa shape index (κ1) is 13.8. The van der Waals surface area contributed by atoms with E-state index in [4.69, 9.17) is 0 Å². The zero-order valence-corrected chi connectivity index (χ0v) is 13.0. The van der Waals surface area contributed by atoms with Gasteiger partial charge in [-0.1, -0.05) is 12.5 Å². The topological polar surface area (TPSA) is 35.8 Å². The van der Waals surface area contributed by atoms with Gasteiger partial charge in [0.25, 0.3) is 0 Å².